The first-order chi connectivity index (χ1) is 4.09. The molecule has 0 aromatic carbocycles. The summed E-state index contributed by atoms with van der Waals surface area (Å²) in [6.45, 7) is 1.38. The molecule has 0 rings (SSSR count). The molecule has 0 aliphatic carbocycles. The van der Waals surface area contributed by atoms with Gasteiger partial charge in [-0.25, -0.2) is 0 Å². The average Bonchev–Trinajstić information content (AvgIpc) is 1.64. The predicted octanol–water partition coefficient (Wildman–Crippen LogP) is -0.745. The van der Waals surface area contributed by atoms with Crippen LogP contribution in [-0.4, -0.2) is 28.3 Å². The Kier molecular flexibility index (Phi) is 3.60. The van der Waals surface area contributed by atoms with Gasteiger partial charge in [-0.2, -0.15) is 0 Å². The Labute approximate surface area is 58.4 Å². The van der Waals surface area contributed by atoms with Crippen LogP contribution in [0.3, 0.4) is 0 Å². The van der Waals surface area contributed by atoms with Crippen molar-refractivity contribution in [1.82, 2.24) is 4.72 Å². The van der Waals surface area contributed by atoms with E-state index in [0.717, 1.165) is 0 Å². The van der Waals surface area contributed by atoms with Gasteiger partial charge in [-0.15, -0.1) is 0 Å². The van der Waals surface area contributed by atoms with E-state index in [1.807, 2.05) is 0 Å². The highest BCUT2D eigenvalue weighted by molar-refractivity contribution is 7.78. The van der Waals surface area contributed by atoms with Crippen LogP contribution in [0.25, 0.3) is 0 Å². The van der Waals surface area contributed by atoms with E-state index < -0.39 is 18.1 Å². The molecule has 0 heterocycles. The zero-order chi connectivity index (χ0) is 7.44. The van der Waals surface area contributed by atoms with Crippen molar-refractivity contribution in [1.29, 1.82) is 0 Å². The van der Waals surface area contributed by atoms with Crippen molar-refractivity contribution in [2.45, 2.75) is 19.1 Å². The minimum absolute atomic E-state index is 0.931. The van der Waals surface area contributed by atoms with Gasteiger partial charge in [-0.3, -0.25) is 9.52 Å². The number of hydrogen-bond acceptors (Lipinski definition) is 4. The van der Waals surface area contributed by atoms with Gasteiger partial charge in [-0.05, 0) is 6.92 Å². The first-order valence-corrected chi connectivity index (χ1v) is 2.84. The second-order valence-corrected chi connectivity index (χ2v) is 1.94. The maximum absolute atomic E-state index is 10.1. The van der Waals surface area contributed by atoms with Crippen LogP contribution in [0, 0.1) is 0 Å². The Balaban J connectivity index is 3.83. The van der Waals surface area contributed by atoms with E-state index in [1.165, 1.54) is 6.92 Å². The molecule has 5 heteroatoms. The van der Waals surface area contributed by atoms with Crippen molar-refractivity contribution in [3.8, 4) is 0 Å². The number of aliphatic hydroxyl groups excluding tert-OH is 1. The molecule has 54 valence electrons. The summed E-state index contributed by atoms with van der Waals surface area (Å²) in [7, 11) is 0. The van der Waals surface area contributed by atoms with Crippen LogP contribution in [0.15, 0.2) is 0 Å². The Morgan fingerprint density at radius 3 is 2.22 bits per heavy atom. The SMILES string of the molecule is C[C@@H](O)[C@H](NS)C(=O)O. The zero-order valence-electron chi connectivity index (χ0n) is 4.90. The zero-order valence-corrected chi connectivity index (χ0v) is 5.80. The van der Waals surface area contributed by atoms with E-state index in [-0.39, 0.29) is 0 Å². The molecule has 2 atom stereocenters. The van der Waals surface area contributed by atoms with Crippen LogP contribution in [0.2, 0.25) is 0 Å². The fourth-order valence-corrected chi connectivity index (χ4v) is 0.696. The molecule has 0 saturated carbocycles. The average molecular weight is 151 g/mol. The Morgan fingerprint density at radius 1 is 1.78 bits per heavy atom. The van der Waals surface area contributed by atoms with Gasteiger partial charge in [-0.1, -0.05) is 12.8 Å². The topological polar surface area (TPSA) is 69.6 Å². The number of rotatable bonds is 3. The number of carbonyl (C=O) groups is 1. The minimum atomic E-state index is -1.11. The molecular formula is C4H9NO3S. The van der Waals surface area contributed by atoms with Crippen LogP contribution >= 0.6 is 12.8 Å². The molecule has 0 radical (unpaired) electrons. The number of aliphatic carboxylic acids is 1. The summed E-state index contributed by atoms with van der Waals surface area (Å²) < 4.78 is 2.15. The van der Waals surface area contributed by atoms with E-state index in [4.69, 9.17) is 10.2 Å². The number of nitrogens with one attached hydrogen (secondary N) is 1. The van der Waals surface area contributed by atoms with E-state index >= 15 is 0 Å². The molecule has 3 N–H and O–H groups in total. The summed E-state index contributed by atoms with van der Waals surface area (Å²) in [5.41, 5.74) is 0. The lowest BCUT2D eigenvalue weighted by Crippen LogP contribution is -2.40. The Morgan fingerprint density at radius 2 is 2.22 bits per heavy atom. The molecule has 0 aliphatic heterocycles. The van der Waals surface area contributed by atoms with Gasteiger partial charge in [0.25, 0.3) is 0 Å². The van der Waals surface area contributed by atoms with Crippen LogP contribution in [0.4, 0.5) is 0 Å². The Bertz CT molecular complexity index is 106. The molecule has 0 aromatic heterocycles. The number of aliphatic hydroxyl groups is 1. The van der Waals surface area contributed by atoms with Crippen molar-refractivity contribution < 1.29 is 15.0 Å². The third-order valence-corrected chi connectivity index (χ3v) is 1.17. The lowest BCUT2D eigenvalue weighted by atomic mass is 10.2. The highest BCUT2D eigenvalue weighted by Crippen LogP contribution is 1.92. The maximum Gasteiger partial charge on any atom is 0.324 e. The van der Waals surface area contributed by atoms with Crippen LogP contribution in [0.1, 0.15) is 6.92 Å². The number of thiol groups is 1. The highest BCUT2D eigenvalue weighted by Gasteiger charge is 2.20. The lowest BCUT2D eigenvalue weighted by molar-refractivity contribution is -0.141. The quantitative estimate of drug-likeness (QED) is 0.401. The van der Waals surface area contributed by atoms with Crippen molar-refractivity contribution in [2.75, 3.05) is 0 Å². The number of carboxylic acids is 1. The first kappa shape index (κ1) is 8.74. The van der Waals surface area contributed by atoms with Crippen molar-refractivity contribution in [3.63, 3.8) is 0 Å². The molecule has 4 nitrogen and oxygen atoms in total. The minimum Gasteiger partial charge on any atom is -0.480 e. The monoisotopic (exact) mass is 151 g/mol. The van der Waals surface area contributed by atoms with E-state index in [9.17, 15) is 4.79 Å². The molecule has 0 saturated heterocycles. The van der Waals surface area contributed by atoms with Gasteiger partial charge in [0.15, 0.2) is 0 Å². The normalized spacial score (nSPS) is 16.8. The summed E-state index contributed by atoms with van der Waals surface area (Å²) in [6.07, 6.45) is -0.931. The first-order valence-electron chi connectivity index (χ1n) is 2.40. The second-order valence-electron chi connectivity index (χ2n) is 1.69. The highest BCUT2D eigenvalue weighted by atomic mass is 32.1. The number of hydrogen-bond donors (Lipinski definition) is 4. The fourth-order valence-electron chi connectivity index (χ4n) is 0.369. The molecule has 0 amide bonds. The largest absolute Gasteiger partial charge is 0.480 e. The van der Waals surface area contributed by atoms with Crippen molar-refractivity contribution >= 4 is 18.8 Å². The maximum atomic E-state index is 10.1. The lowest BCUT2D eigenvalue weighted by Gasteiger charge is -2.11. The van der Waals surface area contributed by atoms with E-state index in [0.29, 0.717) is 0 Å². The Hall–Kier alpha value is -0.260. The summed E-state index contributed by atoms with van der Waals surface area (Å²) in [5, 5.41) is 17.0. The molecule has 0 aliphatic rings. The van der Waals surface area contributed by atoms with Crippen LogP contribution in [-0.2, 0) is 4.79 Å². The molecule has 0 bridgehead atoms. The molecule has 0 unspecified atom stereocenters. The van der Waals surface area contributed by atoms with Crippen LogP contribution < -0.4 is 4.72 Å². The standard InChI is InChI=1S/C4H9NO3S/c1-2(6)3(5-9)4(7)8/h2-3,5-6,9H,1H3,(H,7,8)/t2-,3+/m1/s1. The number of carboxylic acid groups (broad SMARTS) is 1. The summed E-state index contributed by atoms with van der Waals surface area (Å²) in [4.78, 5) is 10.1. The van der Waals surface area contributed by atoms with E-state index in [1.54, 1.807) is 0 Å². The summed E-state index contributed by atoms with van der Waals surface area (Å²) in [6, 6.07) is -0.992. The van der Waals surface area contributed by atoms with Crippen molar-refractivity contribution in [3.05, 3.63) is 0 Å². The third-order valence-electron chi connectivity index (χ3n) is 0.888. The molecule has 0 aromatic rings. The van der Waals surface area contributed by atoms with E-state index in [2.05, 4.69) is 17.5 Å². The molecule has 9 heavy (non-hydrogen) atoms. The summed E-state index contributed by atoms with van der Waals surface area (Å²) >= 11 is 3.50. The van der Waals surface area contributed by atoms with Gasteiger partial charge < -0.3 is 10.2 Å². The van der Waals surface area contributed by atoms with Gasteiger partial charge >= 0.3 is 5.97 Å². The summed E-state index contributed by atoms with van der Waals surface area (Å²) in [5.74, 6) is -1.11. The van der Waals surface area contributed by atoms with Crippen molar-refractivity contribution in [2.24, 2.45) is 0 Å². The predicted molar refractivity (Wildman–Crippen MR) is 35.2 cm³/mol. The molecular weight excluding hydrogens is 142 g/mol. The smallest absolute Gasteiger partial charge is 0.324 e. The van der Waals surface area contributed by atoms with Gasteiger partial charge in [0.05, 0.1) is 6.10 Å². The third kappa shape index (κ3) is 2.69. The molecule has 0 spiro atoms. The fraction of sp³-hybridized carbons (Fsp3) is 0.750. The van der Waals surface area contributed by atoms with Crippen LogP contribution in [0.5, 0.6) is 0 Å². The van der Waals surface area contributed by atoms with Gasteiger partial charge in [0.2, 0.25) is 0 Å². The van der Waals surface area contributed by atoms with Gasteiger partial charge in [0, 0.05) is 0 Å². The second kappa shape index (κ2) is 3.71. The molecule has 0 fully saturated rings. The van der Waals surface area contributed by atoms with Gasteiger partial charge in [0.1, 0.15) is 6.04 Å².